The topological polar surface area (TPSA) is 86.8 Å². The highest BCUT2D eigenvalue weighted by Crippen LogP contribution is 2.25. The van der Waals surface area contributed by atoms with Crippen molar-refractivity contribution >= 4 is 43.5 Å². The van der Waals surface area contributed by atoms with Gasteiger partial charge < -0.3 is 10.2 Å². The van der Waals surface area contributed by atoms with Crippen molar-refractivity contribution in [3.05, 3.63) is 99.5 Å². The van der Waals surface area contributed by atoms with Crippen molar-refractivity contribution in [2.24, 2.45) is 0 Å². The van der Waals surface area contributed by atoms with Gasteiger partial charge in [0, 0.05) is 36.4 Å². The van der Waals surface area contributed by atoms with E-state index in [4.69, 9.17) is 0 Å². The number of rotatable bonds is 14. The van der Waals surface area contributed by atoms with Crippen molar-refractivity contribution in [2.45, 2.75) is 72.0 Å². The van der Waals surface area contributed by atoms with Gasteiger partial charge in [0.05, 0.1) is 11.9 Å². The van der Waals surface area contributed by atoms with Crippen LogP contribution in [-0.2, 0) is 32.6 Å². The van der Waals surface area contributed by atoms with Crippen molar-refractivity contribution in [1.29, 1.82) is 0 Å². The van der Waals surface area contributed by atoms with Crippen LogP contribution in [0.3, 0.4) is 0 Å². The molecule has 0 aromatic heterocycles. The molecule has 0 aliphatic rings. The number of aryl methyl sites for hydroxylation is 2. The molecule has 2 atom stereocenters. The van der Waals surface area contributed by atoms with Crippen molar-refractivity contribution in [3.8, 4) is 0 Å². The van der Waals surface area contributed by atoms with Gasteiger partial charge in [-0.1, -0.05) is 77.5 Å². The van der Waals surface area contributed by atoms with Gasteiger partial charge in [0.25, 0.3) is 0 Å². The maximum Gasteiger partial charge on any atom is 0.243 e. The molecule has 9 heteroatoms. The number of nitrogens with zero attached hydrogens (tertiary/aromatic N) is 2. The number of carbonyl (C=O) groups is 2. The second-order valence-electron chi connectivity index (χ2n) is 10.9. The smallest absolute Gasteiger partial charge is 0.243 e. The maximum absolute atomic E-state index is 14.0. The predicted molar refractivity (Wildman–Crippen MR) is 174 cm³/mol. The van der Waals surface area contributed by atoms with Crippen LogP contribution in [0.2, 0.25) is 0 Å². The Kier molecular flexibility index (Phi) is 12.2. The number of anilines is 1. The van der Waals surface area contributed by atoms with Gasteiger partial charge in [-0.25, -0.2) is 8.42 Å². The van der Waals surface area contributed by atoms with Crippen LogP contribution in [0.5, 0.6) is 0 Å². The molecule has 0 bridgehead atoms. The molecule has 0 spiro atoms. The van der Waals surface area contributed by atoms with Gasteiger partial charge in [-0.15, -0.1) is 0 Å². The summed E-state index contributed by atoms with van der Waals surface area (Å²) in [5, 5.41) is 3.08. The van der Waals surface area contributed by atoms with Crippen molar-refractivity contribution in [1.82, 2.24) is 10.2 Å². The number of sulfonamides is 1. The lowest BCUT2D eigenvalue weighted by Gasteiger charge is -2.33. The lowest BCUT2D eigenvalue weighted by atomic mass is 10.0. The van der Waals surface area contributed by atoms with E-state index < -0.39 is 16.1 Å². The molecule has 0 fully saturated rings. The Bertz CT molecular complexity index is 1460. The monoisotopic (exact) mass is 655 g/mol. The summed E-state index contributed by atoms with van der Waals surface area (Å²) in [6.45, 7) is 8.15. The third-order valence-electron chi connectivity index (χ3n) is 7.30. The van der Waals surface area contributed by atoms with E-state index in [0.717, 1.165) is 33.1 Å². The van der Waals surface area contributed by atoms with E-state index in [2.05, 4.69) is 21.2 Å². The van der Waals surface area contributed by atoms with Crippen molar-refractivity contribution in [2.75, 3.05) is 17.1 Å². The molecule has 0 saturated heterocycles. The minimum atomic E-state index is -3.58. The first-order valence-corrected chi connectivity index (χ1v) is 17.0. The third-order valence-corrected chi connectivity index (χ3v) is 8.97. The fourth-order valence-electron chi connectivity index (χ4n) is 4.80. The predicted octanol–water partition coefficient (Wildman–Crippen LogP) is 6.17. The summed E-state index contributed by atoms with van der Waals surface area (Å²) in [7, 11) is -3.58. The molecule has 3 aromatic rings. The first-order chi connectivity index (χ1) is 19.9. The molecule has 0 unspecified atom stereocenters. The van der Waals surface area contributed by atoms with Crippen molar-refractivity contribution in [3.63, 3.8) is 0 Å². The summed E-state index contributed by atoms with van der Waals surface area (Å²) in [6, 6.07) is 22.3. The van der Waals surface area contributed by atoms with Crippen LogP contribution in [0.4, 0.5) is 5.69 Å². The number of halogens is 1. The van der Waals surface area contributed by atoms with E-state index in [0.29, 0.717) is 18.5 Å². The van der Waals surface area contributed by atoms with Gasteiger partial charge in [-0.05, 0) is 74.1 Å². The summed E-state index contributed by atoms with van der Waals surface area (Å²) in [5.41, 5.74) is 4.26. The molecular formula is C33H42BrN3O4S. The SMILES string of the molecule is CC[C@@H](C)NC(=O)[C@H](Cc1ccccc1)N(Cc1cccc(Br)c1)C(=O)CCCN(c1cc(C)ccc1C)S(C)(=O)=O. The van der Waals surface area contributed by atoms with Crippen LogP contribution < -0.4 is 9.62 Å². The number of benzene rings is 3. The minimum Gasteiger partial charge on any atom is -0.352 e. The molecule has 1 N–H and O–H groups in total. The highest BCUT2D eigenvalue weighted by Gasteiger charge is 2.31. The molecule has 0 aliphatic heterocycles. The minimum absolute atomic E-state index is 0.0421. The highest BCUT2D eigenvalue weighted by atomic mass is 79.9. The summed E-state index contributed by atoms with van der Waals surface area (Å²) >= 11 is 3.52. The Morgan fingerprint density at radius 3 is 2.29 bits per heavy atom. The van der Waals surface area contributed by atoms with E-state index >= 15 is 0 Å². The Morgan fingerprint density at radius 2 is 1.64 bits per heavy atom. The quantitative estimate of drug-likeness (QED) is 0.225. The van der Waals surface area contributed by atoms with Crippen LogP contribution in [0.15, 0.2) is 77.3 Å². The molecule has 7 nitrogen and oxygen atoms in total. The van der Waals surface area contributed by atoms with Crippen LogP contribution in [0.25, 0.3) is 0 Å². The average molecular weight is 657 g/mol. The molecular weight excluding hydrogens is 614 g/mol. The summed E-state index contributed by atoms with van der Waals surface area (Å²) in [6.07, 6.45) is 2.71. The fraction of sp³-hybridized carbons (Fsp3) is 0.394. The van der Waals surface area contributed by atoms with Gasteiger partial charge in [-0.2, -0.15) is 0 Å². The van der Waals surface area contributed by atoms with Crippen LogP contribution in [0.1, 0.15) is 55.4 Å². The number of hydrogen-bond donors (Lipinski definition) is 1. The summed E-state index contributed by atoms with van der Waals surface area (Å²) < 4.78 is 27.8. The number of nitrogens with one attached hydrogen (secondary N) is 1. The van der Waals surface area contributed by atoms with Gasteiger partial charge in [0.2, 0.25) is 21.8 Å². The normalized spacial score (nSPS) is 12.8. The number of hydrogen-bond acceptors (Lipinski definition) is 4. The van der Waals surface area contributed by atoms with Gasteiger partial charge in [0.15, 0.2) is 0 Å². The number of amides is 2. The number of carbonyl (C=O) groups excluding carboxylic acids is 2. The van der Waals surface area contributed by atoms with E-state index in [-0.39, 0.29) is 37.4 Å². The Balaban J connectivity index is 1.91. The first-order valence-electron chi connectivity index (χ1n) is 14.3. The zero-order valence-corrected chi connectivity index (χ0v) is 27.5. The summed E-state index contributed by atoms with van der Waals surface area (Å²) in [4.78, 5) is 29.3. The standard InChI is InChI=1S/C33H42BrN3O4S/c1-6-26(4)35-33(39)31(22-27-12-8-7-9-13-27)36(23-28-14-10-15-29(34)21-28)32(38)16-11-19-37(42(5,40)41)30-20-24(2)17-18-25(30)3/h7-10,12-15,17-18,20-21,26,31H,6,11,16,19,22-23H2,1-5H3,(H,35,39)/t26-,31+/m1/s1. The van der Waals surface area contributed by atoms with Crippen LogP contribution in [-0.4, -0.2) is 50.0 Å². The third kappa shape index (κ3) is 9.70. The van der Waals surface area contributed by atoms with Crippen molar-refractivity contribution < 1.29 is 18.0 Å². The molecule has 42 heavy (non-hydrogen) atoms. The van der Waals surface area contributed by atoms with Gasteiger partial charge in [-0.3, -0.25) is 13.9 Å². The molecule has 2 amide bonds. The van der Waals surface area contributed by atoms with Crippen LogP contribution >= 0.6 is 15.9 Å². The molecule has 3 rings (SSSR count). The van der Waals surface area contributed by atoms with E-state index in [9.17, 15) is 18.0 Å². The highest BCUT2D eigenvalue weighted by molar-refractivity contribution is 9.10. The Hall–Kier alpha value is -3.17. The molecule has 226 valence electrons. The molecule has 0 saturated carbocycles. The lowest BCUT2D eigenvalue weighted by molar-refractivity contribution is -0.141. The fourth-order valence-corrected chi connectivity index (χ4v) is 6.26. The van der Waals surface area contributed by atoms with E-state index in [1.807, 2.05) is 100 Å². The van der Waals surface area contributed by atoms with Gasteiger partial charge in [0.1, 0.15) is 6.04 Å². The maximum atomic E-state index is 14.0. The zero-order chi connectivity index (χ0) is 30.9. The Morgan fingerprint density at radius 1 is 0.952 bits per heavy atom. The van der Waals surface area contributed by atoms with Crippen LogP contribution in [0, 0.1) is 13.8 Å². The second kappa shape index (κ2) is 15.3. The molecule has 3 aromatic carbocycles. The Labute approximate surface area is 259 Å². The lowest BCUT2D eigenvalue weighted by Crippen LogP contribution is -2.52. The average Bonchev–Trinajstić information content (AvgIpc) is 2.94. The van der Waals surface area contributed by atoms with E-state index in [1.54, 1.807) is 4.90 Å². The molecule has 0 radical (unpaired) electrons. The van der Waals surface area contributed by atoms with E-state index in [1.165, 1.54) is 10.6 Å². The van der Waals surface area contributed by atoms with Gasteiger partial charge >= 0.3 is 0 Å². The zero-order valence-electron chi connectivity index (χ0n) is 25.1. The first kappa shape index (κ1) is 33.3. The summed E-state index contributed by atoms with van der Waals surface area (Å²) in [5.74, 6) is -0.408. The molecule has 0 heterocycles. The largest absolute Gasteiger partial charge is 0.352 e. The second-order valence-corrected chi connectivity index (χ2v) is 13.7. The molecule has 0 aliphatic carbocycles.